The van der Waals surface area contributed by atoms with E-state index in [1.54, 1.807) is 7.11 Å². The topological polar surface area (TPSA) is 76.8 Å². The molecule has 2 aromatic heterocycles. The van der Waals surface area contributed by atoms with Crippen LogP contribution < -0.4 is 15.0 Å². The molecule has 0 bridgehead atoms. The fraction of sp³-hybridized carbons (Fsp3) is 0.476. The zero-order valence-corrected chi connectivity index (χ0v) is 16.7. The van der Waals surface area contributed by atoms with Crippen LogP contribution in [0, 0.1) is 0 Å². The van der Waals surface area contributed by atoms with Crippen LogP contribution in [0.4, 0.5) is 11.9 Å². The average Bonchev–Trinajstić information content (AvgIpc) is 3.15. The molecule has 1 aromatic carbocycles. The number of benzene rings is 1. The second-order valence-corrected chi connectivity index (χ2v) is 7.61. The summed E-state index contributed by atoms with van der Waals surface area (Å²) < 4.78 is 12.6. The summed E-state index contributed by atoms with van der Waals surface area (Å²) in [6.07, 6.45) is 5.68. The Morgan fingerprint density at radius 2 is 1.93 bits per heavy atom. The Bertz CT molecular complexity index is 977. The Labute approximate surface area is 169 Å². The Morgan fingerprint density at radius 1 is 1.14 bits per heavy atom. The van der Waals surface area contributed by atoms with Crippen molar-refractivity contribution in [1.82, 2.24) is 19.6 Å². The Hall–Kier alpha value is -2.87. The number of morpholine rings is 1. The molecule has 0 spiro atoms. The minimum atomic E-state index is 0.564. The molecule has 8 heteroatoms. The van der Waals surface area contributed by atoms with Crippen LogP contribution in [-0.4, -0.2) is 53.0 Å². The molecule has 1 saturated carbocycles. The normalized spacial score (nSPS) is 17.3. The van der Waals surface area contributed by atoms with E-state index in [0.29, 0.717) is 25.7 Å². The Balaban J connectivity index is 1.47. The van der Waals surface area contributed by atoms with Gasteiger partial charge in [-0.3, -0.25) is 0 Å². The zero-order valence-electron chi connectivity index (χ0n) is 16.7. The lowest BCUT2D eigenvalue weighted by Crippen LogP contribution is -2.37. The van der Waals surface area contributed by atoms with Crippen molar-refractivity contribution in [3.63, 3.8) is 0 Å². The van der Waals surface area contributed by atoms with Gasteiger partial charge in [0.2, 0.25) is 11.9 Å². The highest BCUT2D eigenvalue weighted by molar-refractivity contribution is 5.57. The first kappa shape index (κ1) is 18.2. The van der Waals surface area contributed by atoms with Crippen molar-refractivity contribution < 1.29 is 9.47 Å². The van der Waals surface area contributed by atoms with Crippen LogP contribution >= 0.6 is 0 Å². The molecule has 5 rings (SSSR count). The minimum absolute atomic E-state index is 0.564. The van der Waals surface area contributed by atoms with Crippen molar-refractivity contribution in [3.05, 3.63) is 41.6 Å². The van der Waals surface area contributed by atoms with Crippen molar-refractivity contribution >= 4 is 17.5 Å². The number of hydrogen-bond donors (Lipinski definition) is 1. The maximum atomic E-state index is 5.50. The van der Waals surface area contributed by atoms with Gasteiger partial charge in [0.15, 0.2) is 5.65 Å². The number of aromatic nitrogens is 4. The predicted octanol–water partition coefficient (Wildman–Crippen LogP) is 2.85. The van der Waals surface area contributed by atoms with Gasteiger partial charge in [-0.15, -0.1) is 0 Å². The summed E-state index contributed by atoms with van der Waals surface area (Å²) in [5, 5.41) is 8.07. The van der Waals surface area contributed by atoms with Gasteiger partial charge in [-0.05, 0) is 36.5 Å². The summed E-state index contributed by atoms with van der Waals surface area (Å²) in [4.78, 5) is 11.9. The van der Waals surface area contributed by atoms with Gasteiger partial charge in [0.1, 0.15) is 5.75 Å². The quantitative estimate of drug-likeness (QED) is 0.689. The molecular weight excluding hydrogens is 368 g/mol. The fourth-order valence-electron chi connectivity index (χ4n) is 3.83. The lowest BCUT2D eigenvalue weighted by Gasteiger charge is -2.28. The van der Waals surface area contributed by atoms with Gasteiger partial charge >= 0.3 is 0 Å². The van der Waals surface area contributed by atoms with Crippen molar-refractivity contribution in [1.29, 1.82) is 0 Å². The first-order valence-electron chi connectivity index (χ1n) is 10.3. The molecule has 1 aliphatic carbocycles. The second kappa shape index (κ2) is 7.87. The molecule has 3 aromatic rings. The van der Waals surface area contributed by atoms with E-state index in [1.807, 2.05) is 22.8 Å². The van der Waals surface area contributed by atoms with Gasteiger partial charge in [-0.1, -0.05) is 18.6 Å². The average molecular weight is 394 g/mol. The highest BCUT2D eigenvalue weighted by Gasteiger charge is 2.26. The highest BCUT2D eigenvalue weighted by Crippen LogP contribution is 2.38. The highest BCUT2D eigenvalue weighted by atomic mass is 16.5. The number of methoxy groups -OCH3 is 1. The molecular formula is C21H26N6O2. The van der Waals surface area contributed by atoms with Crippen LogP contribution in [-0.2, 0) is 11.3 Å². The van der Waals surface area contributed by atoms with E-state index < -0.39 is 0 Å². The minimum Gasteiger partial charge on any atom is -0.497 e. The SMILES string of the molecule is COc1ccc(CNc2nc(N3CCOCC3)nc3c(C4CCC4)cnn23)cc1. The predicted molar refractivity (Wildman–Crippen MR) is 111 cm³/mol. The fourth-order valence-corrected chi connectivity index (χ4v) is 3.83. The standard InChI is InChI=1S/C21H26N6O2/c1-28-17-7-5-15(6-8-17)13-22-20-25-21(26-9-11-29-12-10-26)24-19-18(14-23-27(19)20)16-3-2-4-16/h5-8,14,16H,2-4,9-13H2,1H3,(H,22,24,25). The van der Waals surface area contributed by atoms with Crippen LogP contribution in [0.15, 0.2) is 30.5 Å². The molecule has 1 N–H and O–H groups in total. The van der Waals surface area contributed by atoms with E-state index in [1.165, 1.54) is 24.8 Å². The monoisotopic (exact) mass is 394 g/mol. The van der Waals surface area contributed by atoms with Gasteiger partial charge < -0.3 is 19.7 Å². The number of fused-ring (bicyclic) bond motifs is 1. The number of ether oxygens (including phenoxy) is 2. The van der Waals surface area contributed by atoms with Gasteiger partial charge in [-0.2, -0.15) is 19.6 Å². The van der Waals surface area contributed by atoms with Gasteiger partial charge in [0.05, 0.1) is 26.5 Å². The first-order valence-corrected chi connectivity index (χ1v) is 10.3. The number of hydrogen-bond acceptors (Lipinski definition) is 7. The molecule has 2 aliphatic rings. The van der Waals surface area contributed by atoms with E-state index in [4.69, 9.17) is 19.4 Å². The molecule has 1 aliphatic heterocycles. The molecule has 0 amide bonds. The molecule has 0 unspecified atom stereocenters. The van der Waals surface area contributed by atoms with E-state index in [2.05, 4.69) is 27.4 Å². The summed E-state index contributed by atoms with van der Waals surface area (Å²) in [6, 6.07) is 8.04. The van der Waals surface area contributed by atoms with Crippen molar-refractivity contribution in [3.8, 4) is 5.75 Å². The van der Waals surface area contributed by atoms with Gasteiger partial charge in [-0.25, -0.2) is 0 Å². The Kier molecular flexibility index (Phi) is 4.93. The van der Waals surface area contributed by atoms with E-state index >= 15 is 0 Å². The number of nitrogens with zero attached hydrogens (tertiary/aromatic N) is 5. The maximum absolute atomic E-state index is 5.50. The molecule has 3 heterocycles. The van der Waals surface area contributed by atoms with Crippen LogP contribution in [0.3, 0.4) is 0 Å². The van der Waals surface area contributed by atoms with Crippen molar-refractivity contribution in [2.24, 2.45) is 0 Å². The molecule has 2 fully saturated rings. The van der Waals surface area contributed by atoms with E-state index in [9.17, 15) is 0 Å². The number of nitrogens with one attached hydrogen (secondary N) is 1. The number of rotatable bonds is 6. The third-order valence-electron chi connectivity index (χ3n) is 5.83. The summed E-state index contributed by atoms with van der Waals surface area (Å²) in [5.74, 6) is 2.89. The van der Waals surface area contributed by atoms with E-state index in [-0.39, 0.29) is 0 Å². The smallest absolute Gasteiger partial charge is 0.230 e. The maximum Gasteiger partial charge on any atom is 0.230 e. The third-order valence-corrected chi connectivity index (χ3v) is 5.83. The van der Waals surface area contributed by atoms with Gasteiger partial charge in [0.25, 0.3) is 0 Å². The molecule has 29 heavy (non-hydrogen) atoms. The summed E-state index contributed by atoms with van der Waals surface area (Å²) >= 11 is 0. The van der Waals surface area contributed by atoms with Crippen molar-refractivity contribution in [2.75, 3.05) is 43.6 Å². The lowest BCUT2D eigenvalue weighted by molar-refractivity contribution is 0.122. The molecule has 8 nitrogen and oxygen atoms in total. The Morgan fingerprint density at radius 3 is 2.62 bits per heavy atom. The summed E-state index contributed by atoms with van der Waals surface area (Å²) in [6.45, 7) is 3.68. The third kappa shape index (κ3) is 3.60. The summed E-state index contributed by atoms with van der Waals surface area (Å²) in [5.41, 5.74) is 3.31. The lowest BCUT2D eigenvalue weighted by atomic mass is 9.81. The van der Waals surface area contributed by atoms with Crippen LogP contribution in [0.5, 0.6) is 5.75 Å². The largest absolute Gasteiger partial charge is 0.497 e. The number of anilines is 2. The van der Waals surface area contributed by atoms with Gasteiger partial charge in [0, 0.05) is 25.2 Å². The second-order valence-electron chi connectivity index (χ2n) is 7.61. The first-order chi connectivity index (χ1) is 14.3. The van der Waals surface area contributed by atoms with Crippen LogP contribution in [0.2, 0.25) is 0 Å². The van der Waals surface area contributed by atoms with Crippen molar-refractivity contribution in [2.45, 2.75) is 31.7 Å². The molecule has 0 atom stereocenters. The molecule has 0 radical (unpaired) electrons. The summed E-state index contributed by atoms with van der Waals surface area (Å²) in [7, 11) is 1.68. The van der Waals surface area contributed by atoms with E-state index in [0.717, 1.165) is 41.9 Å². The van der Waals surface area contributed by atoms with Crippen LogP contribution in [0.1, 0.15) is 36.3 Å². The molecule has 1 saturated heterocycles. The molecule has 152 valence electrons. The van der Waals surface area contributed by atoms with Crippen LogP contribution in [0.25, 0.3) is 5.65 Å². The zero-order chi connectivity index (χ0) is 19.6.